The van der Waals surface area contributed by atoms with E-state index in [4.69, 9.17) is 16.3 Å². The van der Waals surface area contributed by atoms with Gasteiger partial charge in [-0.25, -0.2) is 0 Å². The average Bonchev–Trinajstić information content (AvgIpc) is 2.82. The second-order valence-electron chi connectivity index (χ2n) is 4.66. The lowest BCUT2D eigenvalue weighted by molar-refractivity contribution is 0.400. The highest BCUT2D eigenvalue weighted by molar-refractivity contribution is 6.30. The summed E-state index contributed by atoms with van der Waals surface area (Å²) in [6.45, 7) is 3.06. The maximum Gasteiger partial charge on any atom is 0.161 e. The van der Waals surface area contributed by atoms with E-state index in [1.807, 2.05) is 36.0 Å². The minimum Gasteiger partial charge on any atom is -0.493 e. The van der Waals surface area contributed by atoms with Crippen LogP contribution < -0.4 is 10.1 Å². The van der Waals surface area contributed by atoms with Crippen LogP contribution >= 0.6 is 11.6 Å². The minimum absolute atomic E-state index is 0.0367. The number of nitrogens with zero attached hydrogens (tertiary/aromatic N) is 2. The molecular formula is C15H20ClN3O. The van der Waals surface area contributed by atoms with Gasteiger partial charge in [-0.1, -0.05) is 30.7 Å². The normalized spacial score (nSPS) is 12.4. The lowest BCUT2D eigenvalue weighted by atomic mass is 10.0. The molecule has 1 unspecified atom stereocenters. The molecule has 0 aliphatic carbocycles. The van der Waals surface area contributed by atoms with Crippen molar-refractivity contribution in [2.75, 3.05) is 13.7 Å². The van der Waals surface area contributed by atoms with Crippen LogP contribution in [0.25, 0.3) is 0 Å². The summed E-state index contributed by atoms with van der Waals surface area (Å²) in [5.41, 5.74) is 2.16. The maximum absolute atomic E-state index is 5.97. The maximum atomic E-state index is 5.97. The number of nitrogens with one attached hydrogen (secondary N) is 1. The first kappa shape index (κ1) is 14.9. The molecule has 1 aromatic carbocycles. The van der Waals surface area contributed by atoms with E-state index in [9.17, 15) is 0 Å². The number of hydrogen-bond acceptors (Lipinski definition) is 3. The minimum atomic E-state index is 0.0367. The molecule has 2 rings (SSSR count). The molecule has 0 aliphatic heterocycles. The smallest absolute Gasteiger partial charge is 0.161 e. The Morgan fingerprint density at radius 3 is 2.65 bits per heavy atom. The highest BCUT2D eigenvalue weighted by Crippen LogP contribution is 2.30. The number of methoxy groups -OCH3 is 1. The highest BCUT2D eigenvalue weighted by atomic mass is 35.5. The molecule has 1 atom stereocenters. The molecule has 0 aliphatic rings. The number of ether oxygens (including phenoxy) is 1. The molecule has 2 aromatic rings. The predicted molar refractivity (Wildman–Crippen MR) is 81.3 cm³/mol. The van der Waals surface area contributed by atoms with Crippen LogP contribution in [0, 0.1) is 0 Å². The van der Waals surface area contributed by atoms with E-state index in [0.29, 0.717) is 0 Å². The van der Waals surface area contributed by atoms with Crippen LogP contribution in [-0.4, -0.2) is 23.4 Å². The summed E-state index contributed by atoms with van der Waals surface area (Å²) >= 11 is 5.97. The number of halogens is 1. The Kier molecular flexibility index (Phi) is 5.04. The molecule has 1 N–H and O–H groups in total. The summed E-state index contributed by atoms with van der Waals surface area (Å²) in [5.74, 6) is 0.788. The molecule has 0 spiro atoms. The summed E-state index contributed by atoms with van der Waals surface area (Å²) in [7, 11) is 3.59. The monoisotopic (exact) mass is 293 g/mol. The van der Waals surface area contributed by atoms with Crippen molar-refractivity contribution in [3.8, 4) is 5.75 Å². The van der Waals surface area contributed by atoms with Crippen molar-refractivity contribution in [1.82, 2.24) is 15.1 Å². The van der Waals surface area contributed by atoms with E-state index >= 15 is 0 Å². The topological polar surface area (TPSA) is 39.1 Å². The second kappa shape index (κ2) is 6.77. The first-order valence-corrected chi connectivity index (χ1v) is 7.10. The van der Waals surface area contributed by atoms with Crippen molar-refractivity contribution >= 4 is 11.6 Å². The third-order valence-corrected chi connectivity index (χ3v) is 3.50. The largest absolute Gasteiger partial charge is 0.493 e. The predicted octanol–water partition coefficient (Wildman–Crippen LogP) is 3.17. The van der Waals surface area contributed by atoms with Crippen molar-refractivity contribution < 1.29 is 4.74 Å². The third-order valence-electron chi connectivity index (χ3n) is 3.24. The lowest BCUT2D eigenvalue weighted by Crippen LogP contribution is -2.25. The van der Waals surface area contributed by atoms with Gasteiger partial charge in [-0.15, -0.1) is 0 Å². The molecule has 20 heavy (non-hydrogen) atoms. The van der Waals surface area contributed by atoms with Gasteiger partial charge in [-0.2, -0.15) is 5.10 Å². The fourth-order valence-electron chi connectivity index (χ4n) is 2.23. The fraction of sp³-hybridized carbons (Fsp3) is 0.400. The molecule has 1 aromatic heterocycles. The van der Waals surface area contributed by atoms with Gasteiger partial charge in [0.1, 0.15) is 5.69 Å². The number of aromatic nitrogens is 2. The molecule has 108 valence electrons. The van der Waals surface area contributed by atoms with Crippen LogP contribution in [0.1, 0.15) is 30.6 Å². The Labute approximate surface area is 124 Å². The van der Waals surface area contributed by atoms with Gasteiger partial charge < -0.3 is 10.1 Å². The quantitative estimate of drug-likeness (QED) is 0.889. The first-order valence-electron chi connectivity index (χ1n) is 6.72. The van der Waals surface area contributed by atoms with Crippen LogP contribution in [0.4, 0.5) is 0 Å². The average molecular weight is 294 g/mol. The Bertz CT molecular complexity index is 551. The van der Waals surface area contributed by atoms with Crippen molar-refractivity contribution in [3.05, 3.63) is 46.7 Å². The van der Waals surface area contributed by atoms with Crippen molar-refractivity contribution in [3.63, 3.8) is 0 Å². The summed E-state index contributed by atoms with van der Waals surface area (Å²) in [6, 6.07) is 7.90. The Balaban J connectivity index is 2.41. The van der Waals surface area contributed by atoms with Gasteiger partial charge in [-0.05, 0) is 30.7 Å². The third kappa shape index (κ3) is 3.14. The van der Waals surface area contributed by atoms with E-state index in [-0.39, 0.29) is 6.04 Å². The van der Waals surface area contributed by atoms with Gasteiger partial charge in [0, 0.05) is 12.1 Å². The van der Waals surface area contributed by atoms with E-state index in [2.05, 4.69) is 17.3 Å². The van der Waals surface area contributed by atoms with Crippen LogP contribution in [0.15, 0.2) is 30.5 Å². The number of aryl methyl sites for hydroxylation is 1. The Hall–Kier alpha value is -1.52. The number of benzene rings is 1. The van der Waals surface area contributed by atoms with Gasteiger partial charge in [0.05, 0.1) is 19.3 Å². The summed E-state index contributed by atoms with van der Waals surface area (Å²) in [4.78, 5) is 0. The molecule has 5 heteroatoms. The summed E-state index contributed by atoms with van der Waals surface area (Å²) in [5, 5.41) is 8.56. The summed E-state index contributed by atoms with van der Waals surface area (Å²) < 4.78 is 7.27. The van der Waals surface area contributed by atoms with Crippen LogP contribution in [0.2, 0.25) is 5.02 Å². The molecular weight excluding hydrogens is 274 g/mol. The van der Waals surface area contributed by atoms with Gasteiger partial charge in [0.2, 0.25) is 0 Å². The van der Waals surface area contributed by atoms with Gasteiger partial charge >= 0.3 is 0 Å². The van der Waals surface area contributed by atoms with Crippen molar-refractivity contribution in [1.29, 1.82) is 0 Å². The highest BCUT2D eigenvalue weighted by Gasteiger charge is 2.21. The van der Waals surface area contributed by atoms with Gasteiger partial charge in [0.25, 0.3) is 0 Å². The molecule has 1 heterocycles. The molecule has 0 radical (unpaired) electrons. The van der Waals surface area contributed by atoms with Gasteiger partial charge in [0.15, 0.2) is 5.75 Å². The zero-order valence-electron chi connectivity index (χ0n) is 12.1. The zero-order chi connectivity index (χ0) is 14.5. The van der Waals surface area contributed by atoms with E-state index < -0.39 is 0 Å². The van der Waals surface area contributed by atoms with Crippen LogP contribution in [0.5, 0.6) is 5.75 Å². The van der Waals surface area contributed by atoms with Crippen molar-refractivity contribution in [2.45, 2.75) is 19.4 Å². The molecule has 0 saturated carbocycles. The summed E-state index contributed by atoms with van der Waals surface area (Å²) in [6.07, 6.45) is 2.80. The van der Waals surface area contributed by atoms with Crippen LogP contribution in [-0.2, 0) is 7.05 Å². The fourth-order valence-corrected chi connectivity index (χ4v) is 2.36. The van der Waals surface area contributed by atoms with Crippen LogP contribution in [0.3, 0.4) is 0 Å². The van der Waals surface area contributed by atoms with E-state index in [1.165, 1.54) is 0 Å². The number of rotatable bonds is 6. The molecule has 0 fully saturated rings. The number of hydrogen-bond donors (Lipinski definition) is 1. The second-order valence-corrected chi connectivity index (χ2v) is 5.10. The SMILES string of the molecule is CCCNC(c1ccc(Cl)cc1)c1c(OC)cnn1C. The van der Waals surface area contributed by atoms with E-state index in [1.54, 1.807) is 13.3 Å². The standard InChI is InChI=1S/C15H20ClN3O/c1-4-9-17-14(11-5-7-12(16)8-6-11)15-13(20-3)10-18-19(15)2/h5-8,10,14,17H,4,9H2,1-3H3. The Morgan fingerprint density at radius 2 is 2.05 bits per heavy atom. The van der Waals surface area contributed by atoms with E-state index in [0.717, 1.165) is 35.0 Å². The molecule has 0 amide bonds. The zero-order valence-corrected chi connectivity index (χ0v) is 12.8. The molecule has 0 saturated heterocycles. The first-order chi connectivity index (χ1) is 9.67. The van der Waals surface area contributed by atoms with Crippen molar-refractivity contribution in [2.24, 2.45) is 7.05 Å². The molecule has 4 nitrogen and oxygen atoms in total. The molecule has 0 bridgehead atoms. The lowest BCUT2D eigenvalue weighted by Gasteiger charge is -2.20. The van der Waals surface area contributed by atoms with Gasteiger partial charge in [-0.3, -0.25) is 4.68 Å². The Morgan fingerprint density at radius 1 is 1.35 bits per heavy atom.